The van der Waals surface area contributed by atoms with Gasteiger partial charge in [-0.05, 0) is 31.5 Å². The zero-order chi connectivity index (χ0) is 23.1. The SMILES string of the molecule is Cc1ccc(Sc2nc(C(=O)c3ccc(C)cc3)c3c(c2C#N)-c2ccccc2C3=O)cc1. The second-order valence-electron chi connectivity index (χ2n) is 7.99. The van der Waals surface area contributed by atoms with Crippen molar-refractivity contribution >= 4 is 23.3 Å². The molecule has 0 saturated carbocycles. The highest BCUT2D eigenvalue weighted by molar-refractivity contribution is 7.99. The Bertz CT molecular complexity index is 1480. The van der Waals surface area contributed by atoms with Gasteiger partial charge in [-0.3, -0.25) is 9.59 Å². The maximum atomic E-state index is 13.6. The Morgan fingerprint density at radius 3 is 2.09 bits per heavy atom. The molecule has 0 atom stereocenters. The zero-order valence-corrected chi connectivity index (χ0v) is 18.9. The van der Waals surface area contributed by atoms with Gasteiger partial charge in [0.05, 0.1) is 11.1 Å². The summed E-state index contributed by atoms with van der Waals surface area (Å²) >= 11 is 1.32. The predicted octanol–water partition coefficient (Wildman–Crippen LogP) is 6.16. The fourth-order valence-electron chi connectivity index (χ4n) is 3.99. The second kappa shape index (κ2) is 8.16. The minimum atomic E-state index is -0.331. The molecule has 3 aromatic carbocycles. The first kappa shape index (κ1) is 20.9. The van der Waals surface area contributed by atoms with Gasteiger partial charge < -0.3 is 0 Å². The molecule has 0 radical (unpaired) electrons. The fourth-order valence-corrected chi connectivity index (χ4v) is 4.87. The summed E-state index contributed by atoms with van der Waals surface area (Å²) in [5.41, 5.74) is 4.87. The van der Waals surface area contributed by atoms with E-state index in [-0.39, 0.29) is 22.8 Å². The van der Waals surface area contributed by atoms with Crippen LogP contribution >= 0.6 is 11.8 Å². The van der Waals surface area contributed by atoms with E-state index < -0.39 is 0 Å². The first-order chi connectivity index (χ1) is 16.0. The molecule has 0 saturated heterocycles. The summed E-state index contributed by atoms with van der Waals surface area (Å²) in [6.07, 6.45) is 0. The van der Waals surface area contributed by atoms with Crippen LogP contribution in [0.1, 0.15) is 48.7 Å². The summed E-state index contributed by atoms with van der Waals surface area (Å²) < 4.78 is 0. The number of aryl methyl sites for hydroxylation is 2. The normalized spacial score (nSPS) is 11.6. The van der Waals surface area contributed by atoms with Gasteiger partial charge in [-0.25, -0.2) is 4.98 Å². The number of nitriles is 1. The van der Waals surface area contributed by atoms with Crippen LogP contribution in [0.25, 0.3) is 11.1 Å². The highest BCUT2D eigenvalue weighted by Crippen LogP contribution is 2.44. The molecule has 33 heavy (non-hydrogen) atoms. The van der Waals surface area contributed by atoms with E-state index in [1.54, 1.807) is 24.3 Å². The van der Waals surface area contributed by atoms with E-state index >= 15 is 0 Å². The summed E-state index contributed by atoms with van der Waals surface area (Å²) in [7, 11) is 0. The number of rotatable bonds is 4. The molecular formula is C28H18N2O2S. The van der Waals surface area contributed by atoms with Gasteiger partial charge in [0.15, 0.2) is 5.78 Å². The maximum Gasteiger partial charge on any atom is 0.212 e. The van der Waals surface area contributed by atoms with Crippen molar-refractivity contribution in [2.24, 2.45) is 0 Å². The van der Waals surface area contributed by atoms with Gasteiger partial charge >= 0.3 is 0 Å². The molecule has 4 aromatic rings. The van der Waals surface area contributed by atoms with Crippen molar-refractivity contribution in [1.29, 1.82) is 5.26 Å². The topological polar surface area (TPSA) is 70.8 Å². The van der Waals surface area contributed by atoms with Crippen LogP contribution in [-0.2, 0) is 0 Å². The molecule has 0 N–H and O–H groups in total. The fraction of sp³-hybridized carbons (Fsp3) is 0.0714. The van der Waals surface area contributed by atoms with Crippen LogP contribution in [0, 0.1) is 25.2 Å². The van der Waals surface area contributed by atoms with E-state index in [0.717, 1.165) is 16.0 Å². The Labute approximate surface area is 195 Å². The van der Waals surface area contributed by atoms with Gasteiger partial charge in [0.2, 0.25) is 5.78 Å². The number of fused-ring (bicyclic) bond motifs is 3. The monoisotopic (exact) mass is 446 g/mol. The summed E-state index contributed by atoms with van der Waals surface area (Å²) in [6.45, 7) is 3.95. The van der Waals surface area contributed by atoms with Gasteiger partial charge in [0.25, 0.3) is 0 Å². The lowest BCUT2D eigenvalue weighted by Crippen LogP contribution is -2.13. The van der Waals surface area contributed by atoms with Gasteiger partial charge in [-0.15, -0.1) is 0 Å². The van der Waals surface area contributed by atoms with Crippen LogP contribution in [0.15, 0.2) is 82.7 Å². The molecule has 5 heteroatoms. The van der Waals surface area contributed by atoms with Crippen molar-refractivity contribution in [3.05, 3.63) is 112 Å². The highest BCUT2D eigenvalue weighted by Gasteiger charge is 2.36. The third-order valence-electron chi connectivity index (χ3n) is 5.71. The van der Waals surface area contributed by atoms with Crippen LogP contribution in [0.5, 0.6) is 0 Å². The number of ketones is 2. The molecule has 5 rings (SSSR count). The van der Waals surface area contributed by atoms with Gasteiger partial charge in [0.1, 0.15) is 16.8 Å². The molecule has 0 amide bonds. The first-order valence-electron chi connectivity index (χ1n) is 10.5. The lowest BCUT2D eigenvalue weighted by atomic mass is 9.96. The molecule has 1 aliphatic carbocycles. The van der Waals surface area contributed by atoms with E-state index in [2.05, 4.69) is 11.1 Å². The molecule has 0 aliphatic heterocycles. The van der Waals surface area contributed by atoms with Crippen molar-refractivity contribution in [3.63, 3.8) is 0 Å². The predicted molar refractivity (Wildman–Crippen MR) is 128 cm³/mol. The summed E-state index contributed by atoms with van der Waals surface area (Å²) in [6, 6.07) is 24.5. The number of carbonyl (C=O) groups excluding carboxylic acids is 2. The number of carbonyl (C=O) groups is 2. The summed E-state index contributed by atoms with van der Waals surface area (Å²) in [5.74, 6) is -0.602. The van der Waals surface area contributed by atoms with E-state index in [9.17, 15) is 14.9 Å². The Morgan fingerprint density at radius 1 is 0.848 bits per heavy atom. The molecule has 0 fully saturated rings. The lowest BCUT2D eigenvalue weighted by Gasteiger charge is -2.13. The second-order valence-corrected chi connectivity index (χ2v) is 9.05. The van der Waals surface area contributed by atoms with Crippen molar-refractivity contribution in [2.45, 2.75) is 23.8 Å². The van der Waals surface area contributed by atoms with Crippen molar-refractivity contribution in [3.8, 4) is 17.2 Å². The molecule has 4 nitrogen and oxygen atoms in total. The number of nitrogens with zero attached hydrogens (tertiary/aromatic N) is 2. The maximum absolute atomic E-state index is 13.6. The highest BCUT2D eigenvalue weighted by atomic mass is 32.2. The third-order valence-corrected chi connectivity index (χ3v) is 6.70. The molecule has 1 heterocycles. The summed E-state index contributed by atoms with van der Waals surface area (Å²) in [5, 5.41) is 10.5. The molecule has 0 bridgehead atoms. The van der Waals surface area contributed by atoms with Crippen LogP contribution < -0.4 is 0 Å². The molecule has 158 valence electrons. The number of pyridine rings is 1. The number of aromatic nitrogens is 1. The van der Waals surface area contributed by atoms with Crippen molar-refractivity contribution in [1.82, 2.24) is 4.98 Å². The smallest absolute Gasteiger partial charge is 0.212 e. The van der Waals surface area contributed by atoms with E-state index in [1.165, 1.54) is 11.8 Å². The molecule has 0 spiro atoms. The van der Waals surface area contributed by atoms with Crippen LogP contribution in [0.3, 0.4) is 0 Å². The van der Waals surface area contributed by atoms with Gasteiger partial charge in [-0.2, -0.15) is 5.26 Å². The minimum Gasteiger partial charge on any atom is -0.288 e. The number of hydrogen-bond acceptors (Lipinski definition) is 5. The van der Waals surface area contributed by atoms with Gasteiger partial charge in [0, 0.05) is 21.6 Å². The van der Waals surface area contributed by atoms with Crippen LogP contribution in [0.2, 0.25) is 0 Å². The van der Waals surface area contributed by atoms with Crippen molar-refractivity contribution in [2.75, 3.05) is 0 Å². The first-order valence-corrected chi connectivity index (χ1v) is 11.3. The minimum absolute atomic E-state index is 0.0867. The molecular weight excluding hydrogens is 428 g/mol. The number of hydrogen-bond donors (Lipinski definition) is 0. The van der Waals surface area contributed by atoms with Crippen molar-refractivity contribution < 1.29 is 9.59 Å². The standard InChI is InChI=1S/C28H18N2O2S/c1-16-7-11-18(12-8-16)26(31)25-24-23(20-5-3-4-6-21(20)27(24)32)22(15-29)28(30-25)33-19-13-9-17(2)10-14-19/h3-14H,1-2H3. The lowest BCUT2D eigenvalue weighted by molar-refractivity contribution is 0.100. The Kier molecular flexibility index (Phi) is 5.16. The Morgan fingerprint density at radius 2 is 1.45 bits per heavy atom. The average Bonchev–Trinajstić information content (AvgIpc) is 3.13. The Hall–Kier alpha value is -4.01. The third kappa shape index (κ3) is 3.55. The molecule has 1 aromatic heterocycles. The quantitative estimate of drug-likeness (QED) is 0.309. The zero-order valence-electron chi connectivity index (χ0n) is 18.0. The van der Waals surface area contributed by atoms with Gasteiger partial charge in [-0.1, -0.05) is 83.6 Å². The number of benzene rings is 3. The summed E-state index contributed by atoms with van der Waals surface area (Å²) in [4.78, 5) is 32.5. The van der Waals surface area contributed by atoms with E-state index in [4.69, 9.17) is 0 Å². The van der Waals surface area contributed by atoms with E-state index in [0.29, 0.717) is 32.8 Å². The largest absolute Gasteiger partial charge is 0.288 e. The average molecular weight is 447 g/mol. The molecule has 1 aliphatic rings. The van der Waals surface area contributed by atoms with E-state index in [1.807, 2.05) is 62.4 Å². The Balaban J connectivity index is 1.76. The van der Waals surface area contributed by atoms with Crippen LogP contribution in [-0.4, -0.2) is 16.6 Å². The van der Waals surface area contributed by atoms with Crippen LogP contribution in [0.4, 0.5) is 0 Å². The molecule has 0 unspecified atom stereocenters.